The first-order chi connectivity index (χ1) is 16.2. The summed E-state index contributed by atoms with van der Waals surface area (Å²) >= 11 is 14.2. The Balaban J connectivity index is 1.83. The van der Waals surface area contributed by atoms with Crippen molar-refractivity contribution in [2.24, 2.45) is 0 Å². The number of benzene rings is 3. The largest absolute Gasteiger partial charge is 0.493 e. The molecule has 0 aliphatic heterocycles. The molecule has 0 aliphatic carbocycles. The van der Waals surface area contributed by atoms with Gasteiger partial charge in [0.15, 0.2) is 11.5 Å². The Kier molecular flexibility index (Phi) is 8.84. The van der Waals surface area contributed by atoms with E-state index in [9.17, 15) is 10.1 Å². The van der Waals surface area contributed by atoms with Gasteiger partial charge in [0.2, 0.25) is 0 Å². The van der Waals surface area contributed by atoms with E-state index in [0.717, 1.165) is 20.3 Å². The quantitative estimate of drug-likeness (QED) is 0.173. The molecule has 8 heteroatoms. The van der Waals surface area contributed by atoms with Gasteiger partial charge in [0, 0.05) is 5.69 Å². The zero-order valence-electron chi connectivity index (χ0n) is 18.7. The fourth-order valence-corrected chi connectivity index (χ4v) is 4.23. The normalized spacial score (nSPS) is 11.0. The molecule has 0 saturated carbocycles. The first kappa shape index (κ1) is 25.9. The Morgan fingerprint density at radius 2 is 1.88 bits per heavy atom. The maximum absolute atomic E-state index is 12.7. The summed E-state index contributed by atoms with van der Waals surface area (Å²) in [6.07, 6.45) is 1.52. The van der Waals surface area contributed by atoms with Gasteiger partial charge in [0.1, 0.15) is 18.2 Å². The summed E-state index contributed by atoms with van der Waals surface area (Å²) in [7, 11) is 1.53. The maximum atomic E-state index is 12.7. The maximum Gasteiger partial charge on any atom is 0.266 e. The van der Waals surface area contributed by atoms with Gasteiger partial charge in [-0.05, 0) is 95.1 Å². The number of anilines is 1. The number of hydrogen-bond acceptors (Lipinski definition) is 4. The monoisotopic (exact) mass is 606 g/mol. The molecule has 0 bridgehead atoms. The molecule has 0 aliphatic rings. The summed E-state index contributed by atoms with van der Waals surface area (Å²) in [5, 5.41) is 13.3. The second kappa shape index (κ2) is 11.6. The van der Waals surface area contributed by atoms with Crippen LogP contribution in [-0.4, -0.2) is 13.0 Å². The van der Waals surface area contributed by atoms with Crippen LogP contribution in [0.25, 0.3) is 6.08 Å². The van der Waals surface area contributed by atoms with Crippen molar-refractivity contribution in [1.29, 1.82) is 5.26 Å². The minimum Gasteiger partial charge on any atom is -0.493 e. The molecule has 1 amide bonds. The Hall–Kier alpha value is -2.73. The van der Waals surface area contributed by atoms with Gasteiger partial charge < -0.3 is 14.8 Å². The van der Waals surface area contributed by atoms with Gasteiger partial charge in [0.05, 0.1) is 20.7 Å². The highest BCUT2D eigenvalue weighted by Gasteiger charge is 2.15. The van der Waals surface area contributed by atoms with Crippen LogP contribution >= 0.6 is 45.8 Å². The third-order valence-corrected chi connectivity index (χ3v) is 6.48. The molecule has 0 atom stereocenters. The van der Waals surface area contributed by atoms with E-state index in [-0.39, 0.29) is 12.2 Å². The van der Waals surface area contributed by atoms with E-state index in [1.807, 2.05) is 50.2 Å². The summed E-state index contributed by atoms with van der Waals surface area (Å²) in [4.78, 5) is 12.7. The number of methoxy groups -OCH3 is 1. The van der Waals surface area contributed by atoms with Crippen molar-refractivity contribution >= 4 is 63.5 Å². The molecule has 34 heavy (non-hydrogen) atoms. The molecule has 5 nitrogen and oxygen atoms in total. The summed E-state index contributed by atoms with van der Waals surface area (Å²) in [6, 6.07) is 16.6. The van der Waals surface area contributed by atoms with Crippen LogP contribution in [0.1, 0.15) is 22.3 Å². The van der Waals surface area contributed by atoms with E-state index in [0.29, 0.717) is 32.8 Å². The molecule has 3 aromatic rings. The molecule has 0 heterocycles. The van der Waals surface area contributed by atoms with Crippen molar-refractivity contribution in [3.8, 4) is 17.6 Å². The van der Waals surface area contributed by atoms with Crippen LogP contribution in [0.3, 0.4) is 0 Å². The number of amides is 1. The molecular weight excluding hydrogens is 586 g/mol. The SMILES string of the molecule is COc1cc(/C=C(\C#N)C(=O)Nc2cc(C)ccc2C)cc(I)c1OCc1ccc(Cl)c(Cl)c1. The van der Waals surface area contributed by atoms with Crippen molar-refractivity contribution in [2.45, 2.75) is 20.5 Å². The van der Waals surface area contributed by atoms with Gasteiger partial charge in [-0.1, -0.05) is 41.4 Å². The third kappa shape index (κ3) is 6.44. The zero-order chi connectivity index (χ0) is 24.8. The van der Waals surface area contributed by atoms with E-state index in [1.165, 1.54) is 13.2 Å². The summed E-state index contributed by atoms with van der Waals surface area (Å²) < 4.78 is 12.2. The summed E-state index contributed by atoms with van der Waals surface area (Å²) in [6.45, 7) is 4.10. The summed E-state index contributed by atoms with van der Waals surface area (Å²) in [5.41, 5.74) is 4.06. The van der Waals surface area contributed by atoms with E-state index in [2.05, 4.69) is 27.9 Å². The molecule has 0 saturated heterocycles. The number of carbonyl (C=O) groups excluding carboxylic acids is 1. The standard InChI is InChI=1S/C26H21Cl2IN2O3/c1-15-4-5-16(2)23(8-15)31-26(32)19(13-30)9-18-11-22(29)25(24(12-18)33-3)34-14-17-6-7-20(27)21(28)10-17/h4-12H,14H2,1-3H3,(H,31,32)/b19-9+. The number of carbonyl (C=O) groups is 1. The number of nitriles is 1. The molecule has 0 fully saturated rings. The highest BCUT2D eigenvalue weighted by molar-refractivity contribution is 14.1. The van der Waals surface area contributed by atoms with Gasteiger partial charge >= 0.3 is 0 Å². The summed E-state index contributed by atoms with van der Waals surface area (Å²) in [5.74, 6) is 0.542. The van der Waals surface area contributed by atoms with Crippen LogP contribution in [0.2, 0.25) is 10.0 Å². The molecule has 3 aromatic carbocycles. The topological polar surface area (TPSA) is 71.3 Å². The molecule has 0 radical (unpaired) electrons. The van der Waals surface area contributed by atoms with Crippen LogP contribution in [0.4, 0.5) is 5.69 Å². The Labute approximate surface area is 222 Å². The van der Waals surface area contributed by atoms with E-state index < -0.39 is 5.91 Å². The minimum absolute atomic E-state index is 0.0248. The number of rotatable bonds is 7. The molecule has 0 spiro atoms. The first-order valence-electron chi connectivity index (χ1n) is 10.2. The molecule has 3 rings (SSSR count). The highest BCUT2D eigenvalue weighted by Crippen LogP contribution is 2.35. The fraction of sp³-hybridized carbons (Fsp3) is 0.154. The van der Waals surface area contributed by atoms with Crippen molar-refractivity contribution in [1.82, 2.24) is 0 Å². The third-order valence-electron chi connectivity index (χ3n) is 4.94. The minimum atomic E-state index is -0.481. The lowest BCUT2D eigenvalue weighted by Crippen LogP contribution is -2.14. The molecule has 0 aromatic heterocycles. The number of halogens is 3. The molecule has 0 unspecified atom stereocenters. The predicted octanol–water partition coefficient (Wildman–Crippen LogP) is 7.35. The lowest BCUT2D eigenvalue weighted by Gasteiger charge is -2.14. The number of hydrogen-bond donors (Lipinski definition) is 1. The second-order valence-electron chi connectivity index (χ2n) is 7.51. The zero-order valence-corrected chi connectivity index (χ0v) is 22.4. The van der Waals surface area contributed by atoms with Crippen LogP contribution in [-0.2, 0) is 11.4 Å². The molecular formula is C26H21Cl2IN2O3. The van der Waals surface area contributed by atoms with Gasteiger partial charge in [-0.15, -0.1) is 0 Å². The number of nitrogens with one attached hydrogen (secondary N) is 1. The van der Waals surface area contributed by atoms with Gasteiger partial charge in [-0.2, -0.15) is 5.26 Å². The van der Waals surface area contributed by atoms with E-state index in [1.54, 1.807) is 18.2 Å². The highest BCUT2D eigenvalue weighted by atomic mass is 127. The average Bonchev–Trinajstić information content (AvgIpc) is 2.80. The second-order valence-corrected chi connectivity index (χ2v) is 9.49. The molecule has 174 valence electrons. The van der Waals surface area contributed by atoms with Gasteiger partial charge in [-0.25, -0.2) is 0 Å². The van der Waals surface area contributed by atoms with Crippen molar-refractivity contribution < 1.29 is 14.3 Å². The van der Waals surface area contributed by atoms with Crippen LogP contribution in [0, 0.1) is 28.7 Å². The van der Waals surface area contributed by atoms with E-state index >= 15 is 0 Å². The Morgan fingerprint density at radius 1 is 1.12 bits per heavy atom. The van der Waals surface area contributed by atoms with Crippen LogP contribution in [0.5, 0.6) is 11.5 Å². The average molecular weight is 607 g/mol. The lowest BCUT2D eigenvalue weighted by atomic mass is 10.1. The van der Waals surface area contributed by atoms with Gasteiger partial charge in [-0.3, -0.25) is 4.79 Å². The molecule has 1 N–H and O–H groups in total. The number of nitrogens with zero attached hydrogens (tertiary/aromatic N) is 1. The van der Waals surface area contributed by atoms with Crippen molar-refractivity contribution in [2.75, 3.05) is 12.4 Å². The van der Waals surface area contributed by atoms with E-state index in [4.69, 9.17) is 32.7 Å². The number of ether oxygens (including phenoxy) is 2. The predicted molar refractivity (Wildman–Crippen MR) is 145 cm³/mol. The van der Waals surface area contributed by atoms with Crippen molar-refractivity contribution in [3.63, 3.8) is 0 Å². The van der Waals surface area contributed by atoms with Crippen LogP contribution < -0.4 is 14.8 Å². The Bertz CT molecular complexity index is 1320. The van der Waals surface area contributed by atoms with Gasteiger partial charge in [0.25, 0.3) is 5.91 Å². The van der Waals surface area contributed by atoms with Crippen LogP contribution in [0.15, 0.2) is 54.1 Å². The number of aryl methyl sites for hydroxylation is 2. The smallest absolute Gasteiger partial charge is 0.266 e. The lowest BCUT2D eigenvalue weighted by molar-refractivity contribution is -0.112. The van der Waals surface area contributed by atoms with Crippen molar-refractivity contribution in [3.05, 3.63) is 90.0 Å². The first-order valence-corrected chi connectivity index (χ1v) is 12.0. The Morgan fingerprint density at radius 3 is 2.56 bits per heavy atom. The fourth-order valence-electron chi connectivity index (χ4n) is 3.12.